The van der Waals surface area contributed by atoms with Crippen molar-refractivity contribution in [2.24, 2.45) is 5.92 Å². The molecule has 0 aliphatic carbocycles. The Labute approximate surface area is 122 Å². The minimum atomic E-state index is -0.520. The van der Waals surface area contributed by atoms with Crippen molar-refractivity contribution in [3.63, 3.8) is 0 Å². The molecule has 1 unspecified atom stereocenters. The van der Waals surface area contributed by atoms with E-state index in [2.05, 4.69) is 20.3 Å². The summed E-state index contributed by atoms with van der Waals surface area (Å²) in [4.78, 5) is 24.5. The molecule has 2 aromatic rings. The molecule has 21 heavy (non-hydrogen) atoms. The number of rotatable bonds is 5. The summed E-state index contributed by atoms with van der Waals surface area (Å²) in [5.41, 5.74) is 6.84. The number of aromatic nitrogens is 4. The van der Waals surface area contributed by atoms with E-state index in [0.717, 1.165) is 0 Å². The second kappa shape index (κ2) is 5.94. The molecule has 1 amide bonds. The monoisotopic (exact) mass is 292 g/mol. The lowest BCUT2D eigenvalue weighted by Crippen LogP contribution is -2.33. The fourth-order valence-electron chi connectivity index (χ4n) is 2.01. The minimum Gasteiger partial charge on any atom is -0.479 e. The third-order valence-electron chi connectivity index (χ3n) is 3.12. The zero-order valence-corrected chi connectivity index (χ0v) is 12.6. The maximum Gasteiger partial charge on any atom is 0.245 e. The van der Waals surface area contributed by atoms with Gasteiger partial charge >= 0.3 is 0 Å². The summed E-state index contributed by atoms with van der Waals surface area (Å²) in [6, 6.07) is -0.520. The zero-order valence-electron chi connectivity index (χ0n) is 12.6. The summed E-state index contributed by atoms with van der Waals surface area (Å²) < 4.78 is 6.71. The molecule has 2 heterocycles. The molecule has 3 N–H and O–H groups in total. The van der Waals surface area contributed by atoms with Crippen LogP contribution >= 0.6 is 0 Å². The first-order chi connectivity index (χ1) is 9.95. The summed E-state index contributed by atoms with van der Waals surface area (Å²) in [6.07, 6.45) is 1.36. The number of methoxy groups -OCH3 is 1. The Bertz CT molecular complexity index is 651. The quantitative estimate of drug-likeness (QED) is 0.842. The Morgan fingerprint density at radius 3 is 2.76 bits per heavy atom. The topological polar surface area (TPSA) is 108 Å². The van der Waals surface area contributed by atoms with Crippen molar-refractivity contribution in [1.82, 2.24) is 24.8 Å². The van der Waals surface area contributed by atoms with E-state index in [9.17, 15) is 4.79 Å². The Hall–Kier alpha value is -2.38. The molecule has 0 fully saturated rings. The van der Waals surface area contributed by atoms with Gasteiger partial charge in [-0.2, -0.15) is 4.98 Å². The second-order valence-corrected chi connectivity index (χ2v) is 5.21. The molecule has 0 spiro atoms. The van der Waals surface area contributed by atoms with E-state index in [4.69, 9.17) is 10.5 Å². The van der Waals surface area contributed by atoms with Crippen LogP contribution in [0.15, 0.2) is 6.33 Å². The summed E-state index contributed by atoms with van der Waals surface area (Å²) in [5.74, 6) is 0.781. The van der Waals surface area contributed by atoms with Crippen LogP contribution in [0.2, 0.25) is 0 Å². The van der Waals surface area contributed by atoms with E-state index in [0.29, 0.717) is 29.5 Å². The fraction of sp³-hybridized carbons (Fsp3) is 0.538. The SMILES string of the molecule is COc1ncnc2c1nc(N)n2C(C)C(=O)NCC(C)C. The zero-order chi connectivity index (χ0) is 15.6. The molecule has 8 heteroatoms. The molecule has 0 bridgehead atoms. The van der Waals surface area contributed by atoms with Crippen LogP contribution in [0.1, 0.15) is 26.8 Å². The normalized spacial score (nSPS) is 12.6. The highest BCUT2D eigenvalue weighted by Gasteiger charge is 2.23. The molecule has 2 rings (SSSR count). The van der Waals surface area contributed by atoms with Crippen LogP contribution in [0.5, 0.6) is 5.88 Å². The third-order valence-corrected chi connectivity index (χ3v) is 3.12. The van der Waals surface area contributed by atoms with Gasteiger partial charge in [-0.15, -0.1) is 0 Å². The number of nitrogens with one attached hydrogen (secondary N) is 1. The van der Waals surface area contributed by atoms with E-state index >= 15 is 0 Å². The summed E-state index contributed by atoms with van der Waals surface area (Å²) in [7, 11) is 1.50. The van der Waals surface area contributed by atoms with E-state index < -0.39 is 6.04 Å². The first-order valence-corrected chi connectivity index (χ1v) is 6.75. The Morgan fingerprint density at radius 2 is 2.14 bits per heavy atom. The van der Waals surface area contributed by atoms with Crippen molar-refractivity contribution < 1.29 is 9.53 Å². The molecule has 114 valence electrons. The number of nitrogens with two attached hydrogens (primary N) is 1. The maximum absolute atomic E-state index is 12.2. The van der Waals surface area contributed by atoms with Gasteiger partial charge < -0.3 is 15.8 Å². The lowest BCUT2D eigenvalue weighted by atomic mass is 10.2. The minimum absolute atomic E-state index is 0.132. The number of carbonyl (C=O) groups excluding carboxylic acids is 1. The second-order valence-electron chi connectivity index (χ2n) is 5.21. The average Bonchev–Trinajstić information content (AvgIpc) is 2.79. The number of imidazole rings is 1. The first-order valence-electron chi connectivity index (χ1n) is 6.75. The summed E-state index contributed by atoms with van der Waals surface area (Å²) in [5, 5.41) is 2.87. The number of nitrogens with zero attached hydrogens (tertiary/aromatic N) is 4. The highest BCUT2D eigenvalue weighted by molar-refractivity contribution is 5.85. The van der Waals surface area contributed by atoms with Crippen LogP contribution in [0, 0.1) is 5.92 Å². The molecule has 0 saturated heterocycles. The number of anilines is 1. The van der Waals surface area contributed by atoms with Crippen molar-refractivity contribution in [3.8, 4) is 5.88 Å². The molecular weight excluding hydrogens is 272 g/mol. The van der Waals surface area contributed by atoms with Gasteiger partial charge in [-0.25, -0.2) is 9.97 Å². The Kier molecular flexibility index (Phi) is 4.25. The number of carbonyl (C=O) groups is 1. The van der Waals surface area contributed by atoms with Crippen LogP contribution < -0.4 is 15.8 Å². The Balaban J connectivity index is 2.37. The van der Waals surface area contributed by atoms with Crippen molar-refractivity contribution >= 4 is 23.0 Å². The van der Waals surface area contributed by atoms with Crippen molar-refractivity contribution in [3.05, 3.63) is 6.33 Å². The smallest absolute Gasteiger partial charge is 0.245 e. The van der Waals surface area contributed by atoms with E-state index in [1.54, 1.807) is 11.5 Å². The van der Waals surface area contributed by atoms with E-state index in [-0.39, 0.29) is 11.9 Å². The van der Waals surface area contributed by atoms with Gasteiger partial charge in [0.1, 0.15) is 12.4 Å². The summed E-state index contributed by atoms with van der Waals surface area (Å²) in [6.45, 7) is 6.42. The summed E-state index contributed by atoms with van der Waals surface area (Å²) >= 11 is 0. The molecule has 0 aliphatic rings. The van der Waals surface area contributed by atoms with E-state index in [1.807, 2.05) is 13.8 Å². The van der Waals surface area contributed by atoms with Gasteiger partial charge in [0.05, 0.1) is 7.11 Å². The number of fused-ring (bicyclic) bond motifs is 1. The lowest BCUT2D eigenvalue weighted by Gasteiger charge is -2.16. The number of hydrogen-bond donors (Lipinski definition) is 2. The molecule has 0 saturated carbocycles. The molecule has 0 aromatic carbocycles. The first kappa shape index (κ1) is 15.0. The predicted octanol–water partition coefficient (Wildman–Crippen LogP) is 0.750. The van der Waals surface area contributed by atoms with Gasteiger partial charge in [-0.05, 0) is 12.8 Å². The molecular formula is C13H20N6O2. The van der Waals surface area contributed by atoms with Crippen LogP contribution in [0.25, 0.3) is 11.2 Å². The number of ether oxygens (including phenoxy) is 1. The van der Waals surface area contributed by atoms with Crippen LogP contribution in [-0.4, -0.2) is 39.1 Å². The van der Waals surface area contributed by atoms with Gasteiger partial charge in [-0.1, -0.05) is 13.8 Å². The lowest BCUT2D eigenvalue weighted by molar-refractivity contribution is -0.123. The Morgan fingerprint density at radius 1 is 1.43 bits per heavy atom. The number of hydrogen-bond acceptors (Lipinski definition) is 6. The van der Waals surface area contributed by atoms with Crippen LogP contribution in [-0.2, 0) is 4.79 Å². The molecule has 8 nitrogen and oxygen atoms in total. The van der Waals surface area contributed by atoms with Gasteiger partial charge in [0, 0.05) is 6.54 Å². The molecule has 1 atom stereocenters. The highest BCUT2D eigenvalue weighted by Crippen LogP contribution is 2.26. The van der Waals surface area contributed by atoms with Gasteiger partial charge in [0.2, 0.25) is 17.7 Å². The maximum atomic E-state index is 12.2. The molecule has 0 aliphatic heterocycles. The van der Waals surface area contributed by atoms with Crippen LogP contribution in [0.3, 0.4) is 0 Å². The van der Waals surface area contributed by atoms with Gasteiger partial charge in [-0.3, -0.25) is 9.36 Å². The predicted molar refractivity (Wildman–Crippen MR) is 78.8 cm³/mol. The number of nitrogen functional groups attached to an aromatic ring is 1. The fourth-order valence-corrected chi connectivity index (χ4v) is 2.01. The van der Waals surface area contributed by atoms with Gasteiger partial charge in [0.15, 0.2) is 11.2 Å². The number of amides is 1. The molecule has 0 radical (unpaired) electrons. The molecule has 2 aromatic heterocycles. The van der Waals surface area contributed by atoms with Crippen LogP contribution in [0.4, 0.5) is 5.95 Å². The average molecular weight is 292 g/mol. The van der Waals surface area contributed by atoms with Crippen molar-refractivity contribution in [1.29, 1.82) is 0 Å². The van der Waals surface area contributed by atoms with Gasteiger partial charge in [0.25, 0.3) is 0 Å². The van der Waals surface area contributed by atoms with Crippen molar-refractivity contribution in [2.75, 3.05) is 19.4 Å². The van der Waals surface area contributed by atoms with Crippen molar-refractivity contribution in [2.45, 2.75) is 26.8 Å². The third kappa shape index (κ3) is 2.88. The standard InChI is InChI=1S/C13H20N6O2/c1-7(2)5-15-11(20)8(3)19-10-9(18-13(19)14)12(21-4)17-6-16-10/h6-8H,5H2,1-4H3,(H2,14,18)(H,15,20). The largest absolute Gasteiger partial charge is 0.479 e. The highest BCUT2D eigenvalue weighted by atomic mass is 16.5. The van der Waals surface area contributed by atoms with E-state index in [1.165, 1.54) is 13.4 Å².